The lowest BCUT2D eigenvalue weighted by Crippen LogP contribution is -2.09. The highest BCUT2D eigenvalue weighted by Gasteiger charge is 2.10. The minimum atomic E-state index is 0.370. The summed E-state index contributed by atoms with van der Waals surface area (Å²) in [6, 6.07) is 3.72. The number of furan rings is 1. The topological polar surface area (TPSA) is 72.8 Å². The normalized spacial score (nSPS) is 10.6. The first-order valence-corrected chi connectivity index (χ1v) is 4.64. The molecule has 2 aromatic heterocycles. The van der Waals surface area contributed by atoms with Gasteiger partial charge in [-0.2, -0.15) is 0 Å². The van der Waals surface area contributed by atoms with Gasteiger partial charge in [0.05, 0.1) is 0 Å². The van der Waals surface area contributed by atoms with Crippen molar-refractivity contribution < 1.29 is 4.42 Å². The smallest absolute Gasteiger partial charge is 0.216 e. The Hall–Kier alpha value is -1.56. The fourth-order valence-electron chi connectivity index (χ4n) is 1.17. The lowest BCUT2D eigenvalue weighted by molar-refractivity contribution is 0.524. The monoisotopic (exact) mass is 210 g/mol. The summed E-state index contributed by atoms with van der Waals surface area (Å²) in [5.74, 6) is 7.67. The summed E-state index contributed by atoms with van der Waals surface area (Å²) < 4.78 is 7.14. The zero-order valence-corrected chi connectivity index (χ0v) is 8.47. The summed E-state index contributed by atoms with van der Waals surface area (Å²) in [6.45, 7) is 2.02. The summed E-state index contributed by atoms with van der Waals surface area (Å²) in [4.78, 5) is 0. The van der Waals surface area contributed by atoms with E-state index in [9.17, 15) is 0 Å². The van der Waals surface area contributed by atoms with E-state index < -0.39 is 0 Å². The highest BCUT2D eigenvalue weighted by atomic mass is 32.1. The fourth-order valence-corrected chi connectivity index (χ4v) is 1.30. The molecule has 0 spiro atoms. The van der Waals surface area contributed by atoms with Crippen LogP contribution in [0.4, 0.5) is 0 Å². The maximum absolute atomic E-state index is 5.64. The predicted molar refractivity (Wildman–Crippen MR) is 54.6 cm³/mol. The molecule has 5 nitrogen and oxygen atoms in total. The van der Waals surface area contributed by atoms with Crippen molar-refractivity contribution in [1.82, 2.24) is 14.9 Å². The third-order valence-corrected chi connectivity index (χ3v) is 2.22. The maximum atomic E-state index is 5.64. The van der Waals surface area contributed by atoms with Crippen LogP contribution in [-0.4, -0.2) is 14.9 Å². The Balaban J connectivity index is 2.49. The number of rotatable bonds is 2. The molecular formula is C8H10N4OS. The Kier molecular flexibility index (Phi) is 2.12. The average molecular weight is 210 g/mol. The van der Waals surface area contributed by atoms with Crippen LogP contribution in [0.15, 0.2) is 16.5 Å². The number of aromatic nitrogens is 3. The van der Waals surface area contributed by atoms with Gasteiger partial charge in [0.2, 0.25) is 10.6 Å². The van der Waals surface area contributed by atoms with Gasteiger partial charge in [0.25, 0.3) is 0 Å². The molecule has 0 saturated heterocycles. The van der Waals surface area contributed by atoms with Crippen LogP contribution >= 0.6 is 12.2 Å². The Morgan fingerprint density at radius 1 is 1.64 bits per heavy atom. The number of H-pyrrole nitrogens is 1. The van der Waals surface area contributed by atoms with E-state index in [0.717, 1.165) is 12.2 Å². The molecule has 0 aliphatic carbocycles. The molecule has 14 heavy (non-hydrogen) atoms. The zero-order chi connectivity index (χ0) is 10.1. The minimum absolute atomic E-state index is 0.370. The van der Waals surface area contributed by atoms with Crippen LogP contribution in [0.3, 0.4) is 0 Å². The molecule has 2 rings (SSSR count). The van der Waals surface area contributed by atoms with Crippen molar-refractivity contribution in [3.05, 3.63) is 22.7 Å². The van der Waals surface area contributed by atoms with Crippen molar-refractivity contribution in [2.75, 3.05) is 5.84 Å². The summed E-state index contributed by atoms with van der Waals surface area (Å²) in [5, 5.41) is 6.55. The third kappa shape index (κ3) is 1.33. The van der Waals surface area contributed by atoms with Crippen molar-refractivity contribution in [3.8, 4) is 11.6 Å². The lowest BCUT2D eigenvalue weighted by Gasteiger charge is -1.94. The summed E-state index contributed by atoms with van der Waals surface area (Å²) in [7, 11) is 0. The summed E-state index contributed by atoms with van der Waals surface area (Å²) in [6.07, 6.45) is 0.843. The standard InChI is InChI=1S/C8H10N4OS/c1-2-5-3-4-6(13-5)7-10-11-8(14)12(7)9/h3-4H,2,9H2,1H3,(H,11,14). The molecule has 6 heteroatoms. The lowest BCUT2D eigenvalue weighted by atomic mass is 10.3. The number of nitrogens with two attached hydrogens (primary N) is 1. The van der Waals surface area contributed by atoms with Crippen molar-refractivity contribution in [3.63, 3.8) is 0 Å². The number of nitrogens with one attached hydrogen (secondary N) is 1. The maximum Gasteiger partial charge on any atom is 0.216 e. The van der Waals surface area contributed by atoms with Crippen LogP contribution < -0.4 is 5.84 Å². The van der Waals surface area contributed by atoms with Gasteiger partial charge >= 0.3 is 0 Å². The van der Waals surface area contributed by atoms with E-state index in [1.165, 1.54) is 4.68 Å². The van der Waals surface area contributed by atoms with Gasteiger partial charge < -0.3 is 10.3 Å². The molecule has 0 aliphatic rings. The van der Waals surface area contributed by atoms with Crippen LogP contribution in [0.2, 0.25) is 0 Å². The summed E-state index contributed by atoms with van der Waals surface area (Å²) >= 11 is 4.89. The largest absolute Gasteiger partial charge is 0.458 e. The quantitative estimate of drug-likeness (QED) is 0.581. The molecule has 2 heterocycles. The number of nitrogens with zero attached hydrogens (tertiary/aromatic N) is 2. The van der Waals surface area contributed by atoms with Gasteiger partial charge in [0, 0.05) is 6.42 Å². The second-order valence-corrected chi connectivity index (χ2v) is 3.23. The van der Waals surface area contributed by atoms with Crippen LogP contribution in [0.1, 0.15) is 12.7 Å². The van der Waals surface area contributed by atoms with E-state index >= 15 is 0 Å². The van der Waals surface area contributed by atoms with E-state index in [0.29, 0.717) is 16.4 Å². The zero-order valence-electron chi connectivity index (χ0n) is 7.65. The fraction of sp³-hybridized carbons (Fsp3) is 0.250. The number of hydrogen-bond donors (Lipinski definition) is 2. The molecule has 0 bridgehead atoms. The van der Waals surface area contributed by atoms with Gasteiger partial charge in [-0.15, -0.1) is 5.10 Å². The molecule has 0 unspecified atom stereocenters. The first kappa shape index (κ1) is 9.01. The number of hydrogen-bond acceptors (Lipinski definition) is 4. The number of aromatic amines is 1. The minimum Gasteiger partial charge on any atom is -0.458 e. The molecule has 3 N–H and O–H groups in total. The Morgan fingerprint density at radius 2 is 2.43 bits per heavy atom. The molecular weight excluding hydrogens is 200 g/mol. The molecule has 0 saturated carbocycles. The summed E-state index contributed by atoms with van der Waals surface area (Å²) in [5.41, 5.74) is 0. The van der Waals surface area contributed by atoms with E-state index in [2.05, 4.69) is 10.2 Å². The van der Waals surface area contributed by atoms with Crippen LogP contribution in [0.25, 0.3) is 11.6 Å². The molecule has 0 aromatic carbocycles. The highest BCUT2D eigenvalue weighted by molar-refractivity contribution is 7.71. The van der Waals surface area contributed by atoms with Crippen LogP contribution in [0.5, 0.6) is 0 Å². The Labute approximate surface area is 85.5 Å². The van der Waals surface area contributed by atoms with Gasteiger partial charge in [-0.25, -0.2) is 9.77 Å². The SMILES string of the molecule is CCc1ccc(-c2n[nH]c(=S)n2N)o1. The molecule has 0 atom stereocenters. The Bertz CT molecular complexity index is 495. The molecule has 2 aromatic rings. The van der Waals surface area contributed by atoms with E-state index in [4.69, 9.17) is 22.5 Å². The molecule has 74 valence electrons. The van der Waals surface area contributed by atoms with Crippen LogP contribution in [-0.2, 0) is 6.42 Å². The molecule has 0 fully saturated rings. The third-order valence-electron chi connectivity index (χ3n) is 1.93. The van der Waals surface area contributed by atoms with Crippen molar-refractivity contribution >= 4 is 12.2 Å². The van der Waals surface area contributed by atoms with Gasteiger partial charge in [0.1, 0.15) is 5.76 Å². The van der Waals surface area contributed by atoms with Crippen molar-refractivity contribution in [1.29, 1.82) is 0 Å². The first-order chi connectivity index (χ1) is 6.72. The second kappa shape index (κ2) is 3.30. The number of nitrogen functional groups attached to an aromatic ring is 1. The van der Waals surface area contributed by atoms with E-state index in [-0.39, 0.29) is 0 Å². The highest BCUT2D eigenvalue weighted by Crippen LogP contribution is 2.18. The van der Waals surface area contributed by atoms with E-state index in [1.807, 2.05) is 19.1 Å². The van der Waals surface area contributed by atoms with E-state index in [1.54, 1.807) is 0 Å². The van der Waals surface area contributed by atoms with Crippen LogP contribution in [0, 0.1) is 4.77 Å². The van der Waals surface area contributed by atoms with Gasteiger partial charge in [-0.3, -0.25) is 0 Å². The molecule has 0 amide bonds. The molecule has 0 aliphatic heterocycles. The second-order valence-electron chi connectivity index (χ2n) is 2.84. The number of aryl methyl sites for hydroxylation is 1. The Morgan fingerprint density at radius 3 is 2.93 bits per heavy atom. The van der Waals surface area contributed by atoms with Gasteiger partial charge in [-0.1, -0.05) is 6.92 Å². The molecule has 0 radical (unpaired) electrons. The average Bonchev–Trinajstić information content (AvgIpc) is 2.75. The van der Waals surface area contributed by atoms with Gasteiger partial charge in [0.15, 0.2) is 5.76 Å². The van der Waals surface area contributed by atoms with Crippen molar-refractivity contribution in [2.24, 2.45) is 0 Å². The van der Waals surface area contributed by atoms with Gasteiger partial charge in [-0.05, 0) is 24.4 Å². The first-order valence-electron chi connectivity index (χ1n) is 4.24. The predicted octanol–water partition coefficient (Wildman–Crippen LogP) is 1.48. The van der Waals surface area contributed by atoms with Crippen molar-refractivity contribution in [2.45, 2.75) is 13.3 Å².